The Balaban J connectivity index is 1.93. The lowest BCUT2D eigenvalue weighted by Crippen LogP contribution is -2.39. The zero-order chi connectivity index (χ0) is 23.6. The molecule has 0 aliphatic heterocycles. The number of rotatable bonds is 13. The van der Waals surface area contributed by atoms with Crippen LogP contribution in [0.25, 0.3) is 0 Å². The van der Waals surface area contributed by atoms with Crippen LogP contribution in [0.4, 0.5) is 4.39 Å². The molecular weight excluding hydrogens is 431 g/mol. The molecule has 0 saturated carbocycles. The first-order chi connectivity index (χ1) is 15.3. The monoisotopic (exact) mass is 464 g/mol. The number of hydrogen-bond acceptors (Lipinski definition) is 6. The summed E-state index contributed by atoms with van der Waals surface area (Å²) in [5, 5.41) is 0. The lowest BCUT2D eigenvalue weighted by Gasteiger charge is -2.25. The number of esters is 1. The summed E-state index contributed by atoms with van der Waals surface area (Å²) in [7, 11) is 0. The van der Waals surface area contributed by atoms with Crippen molar-refractivity contribution in [3.8, 4) is 11.5 Å². The number of carbonyl (C=O) groups is 1. The molecule has 0 aromatic heterocycles. The highest BCUT2D eigenvalue weighted by Crippen LogP contribution is 2.29. The van der Waals surface area contributed by atoms with Crippen LogP contribution in [-0.4, -0.2) is 43.2 Å². The van der Waals surface area contributed by atoms with Gasteiger partial charge in [-0.2, -0.15) is 0 Å². The van der Waals surface area contributed by atoms with Crippen LogP contribution in [0.2, 0.25) is 0 Å². The van der Waals surface area contributed by atoms with E-state index < -0.39 is 18.2 Å². The summed E-state index contributed by atoms with van der Waals surface area (Å²) in [4.78, 5) is 13.2. The fourth-order valence-corrected chi connectivity index (χ4v) is 3.88. The van der Waals surface area contributed by atoms with E-state index in [1.807, 2.05) is 32.0 Å². The van der Waals surface area contributed by atoms with E-state index in [1.54, 1.807) is 56.8 Å². The standard InChI is InChI=1S/C25H33FO5S/c1-6-28-21(16-30-20-10-8-19(15-26)9-11-20)17-32-22-12-13-23(18(3)14-22)31-25(4,5)24(27)29-7-2/h8-14,21H,6-7,15-17H2,1-5H3. The van der Waals surface area contributed by atoms with Crippen LogP contribution < -0.4 is 9.47 Å². The molecule has 7 heteroatoms. The Morgan fingerprint density at radius 1 is 1.09 bits per heavy atom. The third-order valence-corrected chi connectivity index (χ3v) is 5.76. The Labute approximate surface area is 194 Å². The summed E-state index contributed by atoms with van der Waals surface area (Å²) in [6.07, 6.45) is -0.0927. The smallest absolute Gasteiger partial charge is 0.349 e. The summed E-state index contributed by atoms with van der Waals surface area (Å²) in [5.41, 5.74) is 0.502. The molecule has 1 atom stereocenters. The van der Waals surface area contributed by atoms with Crippen molar-refractivity contribution in [1.29, 1.82) is 0 Å². The van der Waals surface area contributed by atoms with E-state index >= 15 is 0 Å². The Bertz CT molecular complexity index is 854. The van der Waals surface area contributed by atoms with Crippen molar-refractivity contribution in [2.45, 2.75) is 57.9 Å². The molecule has 0 saturated heterocycles. The van der Waals surface area contributed by atoms with E-state index in [0.717, 1.165) is 10.5 Å². The molecule has 0 aliphatic rings. The number of aryl methyl sites for hydroxylation is 1. The highest BCUT2D eigenvalue weighted by atomic mass is 32.2. The maximum absolute atomic E-state index is 12.6. The highest BCUT2D eigenvalue weighted by Gasteiger charge is 2.32. The first-order valence-corrected chi connectivity index (χ1v) is 11.8. The van der Waals surface area contributed by atoms with Crippen molar-refractivity contribution in [3.63, 3.8) is 0 Å². The van der Waals surface area contributed by atoms with Crippen molar-refractivity contribution in [2.75, 3.05) is 25.6 Å². The normalized spacial score (nSPS) is 12.3. The van der Waals surface area contributed by atoms with Crippen molar-refractivity contribution in [3.05, 3.63) is 53.6 Å². The van der Waals surface area contributed by atoms with Gasteiger partial charge in [0.05, 0.1) is 6.61 Å². The van der Waals surface area contributed by atoms with E-state index in [2.05, 4.69) is 0 Å². The van der Waals surface area contributed by atoms with Crippen molar-refractivity contribution >= 4 is 17.7 Å². The van der Waals surface area contributed by atoms with Gasteiger partial charge in [0.2, 0.25) is 0 Å². The molecule has 0 amide bonds. The molecule has 0 aliphatic carbocycles. The molecule has 0 spiro atoms. The molecule has 176 valence electrons. The molecule has 0 heterocycles. The largest absolute Gasteiger partial charge is 0.491 e. The predicted molar refractivity (Wildman–Crippen MR) is 125 cm³/mol. The summed E-state index contributed by atoms with van der Waals surface area (Å²) in [5.74, 6) is 1.66. The average Bonchev–Trinajstić information content (AvgIpc) is 2.77. The van der Waals surface area contributed by atoms with E-state index in [1.165, 1.54) is 0 Å². The molecule has 0 bridgehead atoms. The van der Waals surface area contributed by atoms with Gasteiger partial charge in [0.1, 0.15) is 30.9 Å². The zero-order valence-corrected chi connectivity index (χ0v) is 20.3. The first-order valence-electron chi connectivity index (χ1n) is 10.8. The number of carbonyl (C=O) groups excluding carboxylic acids is 1. The molecule has 32 heavy (non-hydrogen) atoms. The van der Waals surface area contributed by atoms with Gasteiger partial charge >= 0.3 is 5.97 Å². The van der Waals surface area contributed by atoms with E-state index in [9.17, 15) is 9.18 Å². The summed E-state index contributed by atoms with van der Waals surface area (Å²) >= 11 is 1.66. The molecule has 2 rings (SSSR count). The summed E-state index contributed by atoms with van der Waals surface area (Å²) < 4.78 is 35.3. The maximum atomic E-state index is 12.6. The maximum Gasteiger partial charge on any atom is 0.349 e. The fourth-order valence-electron chi connectivity index (χ4n) is 2.88. The minimum absolute atomic E-state index is 0.0927. The first kappa shape index (κ1) is 26.0. The Morgan fingerprint density at radius 3 is 2.41 bits per heavy atom. The van der Waals surface area contributed by atoms with Gasteiger partial charge in [-0.15, -0.1) is 11.8 Å². The second-order valence-corrected chi connectivity index (χ2v) is 8.83. The highest BCUT2D eigenvalue weighted by molar-refractivity contribution is 7.99. The molecule has 5 nitrogen and oxygen atoms in total. The number of alkyl halides is 1. The van der Waals surface area contributed by atoms with Gasteiger partial charge in [-0.1, -0.05) is 12.1 Å². The van der Waals surface area contributed by atoms with Crippen molar-refractivity contribution < 1.29 is 28.1 Å². The number of halogens is 1. The van der Waals surface area contributed by atoms with Crippen molar-refractivity contribution in [1.82, 2.24) is 0 Å². The lowest BCUT2D eigenvalue weighted by atomic mass is 10.1. The zero-order valence-electron chi connectivity index (χ0n) is 19.5. The van der Waals surface area contributed by atoms with Gasteiger partial charge in [-0.05, 0) is 76.1 Å². The lowest BCUT2D eigenvalue weighted by molar-refractivity contribution is -0.158. The van der Waals surface area contributed by atoms with Gasteiger partial charge in [0.15, 0.2) is 5.60 Å². The van der Waals surface area contributed by atoms with Crippen LogP contribution in [0.1, 0.15) is 38.8 Å². The number of hydrogen-bond donors (Lipinski definition) is 0. The van der Waals surface area contributed by atoms with E-state index in [-0.39, 0.29) is 6.10 Å². The number of benzene rings is 2. The molecule has 0 N–H and O–H groups in total. The van der Waals surface area contributed by atoms with Crippen LogP contribution in [0.5, 0.6) is 11.5 Å². The Kier molecular flexibility index (Phi) is 10.3. The molecule has 1 unspecified atom stereocenters. The van der Waals surface area contributed by atoms with Gasteiger partial charge in [0, 0.05) is 17.3 Å². The van der Waals surface area contributed by atoms with Crippen LogP contribution >= 0.6 is 11.8 Å². The quantitative estimate of drug-likeness (QED) is 0.277. The summed E-state index contributed by atoms with van der Waals surface area (Å²) in [6, 6.07) is 12.8. The van der Waals surface area contributed by atoms with Crippen LogP contribution in [0, 0.1) is 6.92 Å². The predicted octanol–water partition coefficient (Wildman–Crippen LogP) is 5.76. The van der Waals surface area contributed by atoms with E-state index in [4.69, 9.17) is 18.9 Å². The second kappa shape index (κ2) is 12.7. The van der Waals surface area contributed by atoms with E-state index in [0.29, 0.717) is 42.6 Å². The number of ether oxygens (including phenoxy) is 4. The number of thioether (sulfide) groups is 1. The minimum Gasteiger partial charge on any atom is -0.491 e. The minimum atomic E-state index is -1.06. The molecule has 2 aromatic rings. The van der Waals surface area contributed by atoms with Gasteiger partial charge in [0.25, 0.3) is 0 Å². The van der Waals surface area contributed by atoms with Gasteiger partial charge < -0.3 is 18.9 Å². The van der Waals surface area contributed by atoms with Crippen LogP contribution in [-0.2, 0) is 20.9 Å². The third kappa shape index (κ3) is 8.02. The van der Waals surface area contributed by atoms with Crippen molar-refractivity contribution in [2.24, 2.45) is 0 Å². The average molecular weight is 465 g/mol. The Morgan fingerprint density at radius 2 is 1.81 bits per heavy atom. The second-order valence-electron chi connectivity index (χ2n) is 7.74. The van der Waals surface area contributed by atoms with Gasteiger partial charge in [-0.25, -0.2) is 9.18 Å². The fraction of sp³-hybridized carbons (Fsp3) is 0.480. The van der Waals surface area contributed by atoms with Gasteiger partial charge in [-0.3, -0.25) is 0 Å². The third-order valence-electron chi connectivity index (χ3n) is 4.63. The van der Waals surface area contributed by atoms with Crippen LogP contribution in [0.3, 0.4) is 0 Å². The topological polar surface area (TPSA) is 54.0 Å². The molecular formula is C25H33FO5S. The SMILES string of the molecule is CCOC(=O)C(C)(C)Oc1ccc(SCC(COc2ccc(CF)cc2)OCC)cc1C. The van der Waals surface area contributed by atoms with Crippen LogP contribution in [0.15, 0.2) is 47.4 Å². The molecule has 0 fully saturated rings. The molecule has 0 radical (unpaired) electrons. The Hall–Kier alpha value is -2.25. The molecule has 2 aromatic carbocycles. The summed E-state index contributed by atoms with van der Waals surface area (Å²) in [6.45, 7) is 9.90.